The van der Waals surface area contributed by atoms with Gasteiger partial charge in [-0.15, -0.1) is 0 Å². The van der Waals surface area contributed by atoms with Crippen molar-refractivity contribution in [1.82, 2.24) is 0 Å². The summed E-state index contributed by atoms with van der Waals surface area (Å²) in [6.07, 6.45) is 10.5. The number of carbonyl (C=O) groups is 1. The number of hydrogen-bond acceptors (Lipinski definition) is 1. The van der Waals surface area contributed by atoms with E-state index in [1.165, 1.54) is 31.0 Å². The molecule has 1 heteroatoms. The fourth-order valence-electron chi connectivity index (χ4n) is 10.4. The molecule has 0 saturated heterocycles. The van der Waals surface area contributed by atoms with E-state index in [0.29, 0.717) is 5.92 Å². The van der Waals surface area contributed by atoms with Crippen LogP contribution >= 0.6 is 0 Å². The van der Waals surface area contributed by atoms with Gasteiger partial charge in [0.15, 0.2) is 0 Å². The fraction of sp³-hybridized carbons (Fsp3) is 0.950. The van der Waals surface area contributed by atoms with Crippen LogP contribution in [0.25, 0.3) is 0 Å². The summed E-state index contributed by atoms with van der Waals surface area (Å²) in [7, 11) is 0. The summed E-state index contributed by atoms with van der Waals surface area (Å²) in [5, 5.41) is 0. The Balaban J connectivity index is 1.28. The molecule has 7 fully saturated rings. The molecule has 0 aromatic rings. The van der Waals surface area contributed by atoms with Gasteiger partial charge in [0, 0.05) is 5.92 Å². The molecule has 0 radical (unpaired) electrons. The Morgan fingerprint density at radius 3 is 1.62 bits per heavy atom. The molecule has 0 aromatic heterocycles. The molecule has 7 saturated carbocycles. The van der Waals surface area contributed by atoms with Gasteiger partial charge >= 0.3 is 0 Å². The first-order chi connectivity index (χ1) is 10.4. The lowest BCUT2D eigenvalue weighted by Gasteiger charge is -2.65. The zero-order valence-corrected chi connectivity index (χ0v) is 12.7. The van der Waals surface area contributed by atoms with Crippen LogP contribution in [0.2, 0.25) is 0 Å². The minimum absolute atomic E-state index is 0.488. The van der Waals surface area contributed by atoms with Crippen LogP contribution in [0.1, 0.15) is 38.5 Å². The van der Waals surface area contributed by atoms with Crippen molar-refractivity contribution < 1.29 is 4.79 Å². The van der Waals surface area contributed by atoms with Crippen molar-refractivity contribution in [2.75, 3.05) is 0 Å². The molecule has 0 aromatic carbocycles. The van der Waals surface area contributed by atoms with Gasteiger partial charge < -0.3 is 4.79 Å². The minimum Gasteiger partial charge on any atom is -0.303 e. The van der Waals surface area contributed by atoms with Crippen LogP contribution in [0.3, 0.4) is 0 Å². The Bertz CT molecular complexity index is 498. The van der Waals surface area contributed by atoms with Gasteiger partial charge in [-0.1, -0.05) is 6.42 Å². The molecule has 0 amide bonds. The lowest BCUT2D eigenvalue weighted by molar-refractivity contribution is -0.181. The normalized spacial score (nSPS) is 74.2. The van der Waals surface area contributed by atoms with Gasteiger partial charge in [0.1, 0.15) is 6.29 Å². The van der Waals surface area contributed by atoms with Gasteiger partial charge in [0.05, 0.1) is 0 Å². The molecular weight excluding hydrogens is 256 g/mol. The molecule has 0 aliphatic heterocycles. The SMILES string of the molecule is O=CC1C2CCC1C1C2C2C3CC(C4C5CCCC5C34)C12. The maximum absolute atomic E-state index is 11.6. The zero-order chi connectivity index (χ0) is 13.5. The third-order valence-electron chi connectivity index (χ3n) is 10.3. The first-order valence-corrected chi connectivity index (χ1v) is 9.85. The number of aldehydes is 1. The molecule has 7 aliphatic rings. The van der Waals surface area contributed by atoms with E-state index in [4.69, 9.17) is 0 Å². The highest BCUT2D eigenvalue weighted by Gasteiger charge is 2.78. The largest absolute Gasteiger partial charge is 0.303 e. The van der Waals surface area contributed by atoms with Crippen molar-refractivity contribution in [3.63, 3.8) is 0 Å². The molecule has 0 N–H and O–H groups in total. The Labute approximate surface area is 127 Å². The molecule has 0 heterocycles. The van der Waals surface area contributed by atoms with E-state index in [9.17, 15) is 4.79 Å². The summed E-state index contributed by atoms with van der Waals surface area (Å²) >= 11 is 0. The van der Waals surface area contributed by atoms with Crippen LogP contribution in [0, 0.1) is 76.9 Å². The third-order valence-corrected chi connectivity index (χ3v) is 10.3. The fourth-order valence-corrected chi connectivity index (χ4v) is 10.4. The second-order valence-corrected chi connectivity index (χ2v) is 9.90. The zero-order valence-electron chi connectivity index (χ0n) is 12.7. The van der Waals surface area contributed by atoms with E-state index in [1.807, 2.05) is 0 Å². The van der Waals surface area contributed by atoms with E-state index >= 15 is 0 Å². The second-order valence-electron chi connectivity index (χ2n) is 9.90. The van der Waals surface area contributed by atoms with Crippen molar-refractivity contribution in [1.29, 1.82) is 0 Å². The summed E-state index contributed by atoms with van der Waals surface area (Å²) in [6.45, 7) is 0. The highest BCUT2D eigenvalue weighted by molar-refractivity contribution is 5.57. The molecule has 12 unspecified atom stereocenters. The second kappa shape index (κ2) is 3.29. The highest BCUT2D eigenvalue weighted by Crippen LogP contribution is 2.83. The van der Waals surface area contributed by atoms with Gasteiger partial charge in [-0.05, 0) is 103 Å². The molecule has 112 valence electrons. The smallest absolute Gasteiger partial charge is 0.123 e. The van der Waals surface area contributed by atoms with Gasteiger partial charge in [-0.2, -0.15) is 0 Å². The van der Waals surface area contributed by atoms with E-state index in [2.05, 4.69) is 0 Å². The van der Waals surface area contributed by atoms with Crippen molar-refractivity contribution in [2.45, 2.75) is 38.5 Å². The van der Waals surface area contributed by atoms with Crippen molar-refractivity contribution in [3.05, 3.63) is 0 Å². The molecule has 7 rings (SSSR count). The Morgan fingerprint density at radius 2 is 1.10 bits per heavy atom. The molecule has 0 spiro atoms. The first-order valence-electron chi connectivity index (χ1n) is 9.85. The van der Waals surface area contributed by atoms with Gasteiger partial charge in [0.25, 0.3) is 0 Å². The average molecular weight is 282 g/mol. The molecule has 4 bridgehead atoms. The van der Waals surface area contributed by atoms with E-state index in [0.717, 1.165) is 59.2 Å². The maximum Gasteiger partial charge on any atom is 0.123 e. The van der Waals surface area contributed by atoms with Crippen LogP contribution in [-0.4, -0.2) is 6.29 Å². The van der Waals surface area contributed by atoms with Crippen LogP contribution in [-0.2, 0) is 4.79 Å². The summed E-state index contributed by atoms with van der Waals surface area (Å²) < 4.78 is 0. The number of carbonyl (C=O) groups excluding carboxylic acids is 1. The van der Waals surface area contributed by atoms with Crippen LogP contribution in [0.4, 0.5) is 0 Å². The quantitative estimate of drug-likeness (QED) is 0.530. The summed E-state index contributed by atoms with van der Waals surface area (Å²) in [5.41, 5.74) is 0. The minimum atomic E-state index is 0.488. The maximum atomic E-state index is 11.6. The Kier molecular flexibility index (Phi) is 1.76. The van der Waals surface area contributed by atoms with Gasteiger partial charge in [-0.25, -0.2) is 0 Å². The molecule has 12 atom stereocenters. The average Bonchev–Trinajstić information content (AvgIpc) is 3.17. The predicted molar refractivity (Wildman–Crippen MR) is 79.1 cm³/mol. The molecular formula is C20H26O. The molecule has 1 nitrogen and oxygen atoms in total. The molecule has 21 heavy (non-hydrogen) atoms. The van der Waals surface area contributed by atoms with Gasteiger partial charge in [0.2, 0.25) is 0 Å². The third kappa shape index (κ3) is 0.944. The van der Waals surface area contributed by atoms with E-state index in [-0.39, 0.29) is 0 Å². The number of hydrogen-bond donors (Lipinski definition) is 0. The summed E-state index contributed by atoms with van der Waals surface area (Å²) in [5.74, 6) is 13.3. The lowest BCUT2D eigenvalue weighted by atomic mass is 9.39. The highest BCUT2D eigenvalue weighted by atomic mass is 16.1. The predicted octanol–water partition coefficient (Wildman–Crippen LogP) is 3.63. The lowest BCUT2D eigenvalue weighted by Crippen LogP contribution is -2.61. The standard InChI is InChI=1S/C20H26O/c21-7-14-10-4-5-11(14)18-17(10)19-12-6-13(20(18)19)16-9-3-1-2-8(9)15(12)16/h7-20H,1-6H2. The Hall–Kier alpha value is -0.330. The van der Waals surface area contributed by atoms with Crippen molar-refractivity contribution >= 4 is 6.29 Å². The summed E-state index contributed by atoms with van der Waals surface area (Å²) in [6, 6.07) is 0. The first kappa shape index (κ1) is 11.2. The Morgan fingerprint density at radius 1 is 0.571 bits per heavy atom. The summed E-state index contributed by atoms with van der Waals surface area (Å²) in [4.78, 5) is 11.6. The van der Waals surface area contributed by atoms with Crippen molar-refractivity contribution in [3.8, 4) is 0 Å². The molecule has 7 aliphatic carbocycles. The van der Waals surface area contributed by atoms with Gasteiger partial charge in [-0.3, -0.25) is 0 Å². The van der Waals surface area contributed by atoms with Crippen LogP contribution in [0.15, 0.2) is 0 Å². The van der Waals surface area contributed by atoms with E-state index in [1.54, 1.807) is 25.7 Å². The van der Waals surface area contributed by atoms with E-state index < -0.39 is 0 Å². The number of fused-ring (bicyclic) bond motifs is 18. The van der Waals surface area contributed by atoms with Crippen LogP contribution in [0.5, 0.6) is 0 Å². The van der Waals surface area contributed by atoms with Crippen molar-refractivity contribution in [2.24, 2.45) is 76.9 Å². The topological polar surface area (TPSA) is 17.1 Å². The van der Waals surface area contributed by atoms with Crippen LogP contribution < -0.4 is 0 Å². The number of rotatable bonds is 1. The monoisotopic (exact) mass is 282 g/mol.